The standard InChI is InChI=1S/C12H11NO5/c1-16-8-2-4-9(5-3-8)17-7-11-13-10(6-18-11)12(14)15/h2-6H,7H2,1H3,(H,14,15). The lowest BCUT2D eigenvalue weighted by molar-refractivity contribution is 0.0690. The first-order chi connectivity index (χ1) is 8.69. The Balaban J connectivity index is 1.95. The molecular weight excluding hydrogens is 238 g/mol. The maximum absolute atomic E-state index is 10.6. The highest BCUT2D eigenvalue weighted by molar-refractivity contribution is 5.84. The third-order valence-electron chi connectivity index (χ3n) is 2.19. The Bertz CT molecular complexity index is 532. The Morgan fingerprint density at radius 2 is 2.00 bits per heavy atom. The average Bonchev–Trinajstić information content (AvgIpc) is 2.86. The maximum atomic E-state index is 10.6. The fourth-order valence-electron chi connectivity index (χ4n) is 1.29. The van der Waals surface area contributed by atoms with Crippen molar-refractivity contribution in [2.45, 2.75) is 6.61 Å². The molecule has 1 aromatic carbocycles. The minimum absolute atomic E-state index is 0.0691. The topological polar surface area (TPSA) is 81.8 Å². The molecule has 0 aliphatic rings. The molecule has 0 saturated carbocycles. The highest BCUT2D eigenvalue weighted by Crippen LogP contribution is 2.18. The first kappa shape index (κ1) is 12.0. The number of carboxylic acids is 1. The number of benzene rings is 1. The fraction of sp³-hybridized carbons (Fsp3) is 0.167. The molecule has 1 heterocycles. The number of carboxylic acid groups (broad SMARTS) is 1. The van der Waals surface area contributed by atoms with Crippen molar-refractivity contribution in [1.29, 1.82) is 0 Å². The van der Waals surface area contributed by atoms with Crippen LogP contribution in [0.25, 0.3) is 0 Å². The second-order valence-corrected chi connectivity index (χ2v) is 3.40. The van der Waals surface area contributed by atoms with Crippen LogP contribution in [0.15, 0.2) is 34.9 Å². The van der Waals surface area contributed by atoms with Crippen LogP contribution in [-0.2, 0) is 6.61 Å². The lowest BCUT2D eigenvalue weighted by Gasteiger charge is -2.04. The maximum Gasteiger partial charge on any atom is 0.357 e. The van der Waals surface area contributed by atoms with Crippen molar-refractivity contribution in [3.63, 3.8) is 0 Å². The van der Waals surface area contributed by atoms with E-state index >= 15 is 0 Å². The summed E-state index contributed by atoms with van der Waals surface area (Å²) < 4.78 is 15.3. The number of carbonyl (C=O) groups is 1. The lowest BCUT2D eigenvalue weighted by atomic mass is 10.3. The van der Waals surface area contributed by atoms with Gasteiger partial charge in [-0.2, -0.15) is 0 Å². The zero-order valence-corrected chi connectivity index (χ0v) is 9.62. The molecule has 6 nitrogen and oxygen atoms in total. The number of ether oxygens (including phenoxy) is 2. The molecule has 0 bridgehead atoms. The molecule has 2 rings (SSSR count). The van der Waals surface area contributed by atoms with E-state index in [1.807, 2.05) is 0 Å². The number of nitrogens with zero attached hydrogens (tertiary/aromatic N) is 1. The summed E-state index contributed by atoms with van der Waals surface area (Å²) in [6, 6.07) is 6.99. The monoisotopic (exact) mass is 249 g/mol. The molecule has 0 saturated heterocycles. The summed E-state index contributed by atoms with van der Waals surface area (Å²) in [5.74, 6) is 0.426. The average molecular weight is 249 g/mol. The number of methoxy groups -OCH3 is 1. The number of hydrogen-bond acceptors (Lipinski definition) is 5. The Morgan fingerprint density at radius 3 is 2.56 bits per heavy atom. The molecule has 0 amide bonds. The van der Waals surface area contributed by atoms with Crippen LogP contribution in [0.4, 0.5) is 0 Å². The summed E-state index contributed by atoms with van der Waals surface area (Å²) >= 11 is 0. The van der Waals surface area contributed by atoms with Crippen LogP contribution in [0.5, 0.6) is 11.5 Å². The zero-order chi connectivity index (χ0) is 13.0. The molecule has 0 aliphatic carbocycles. The van der Waals surface area contributed by atoms with Gasteiger partial charge in [-0.05, 0) is 24.3 Å². The summed E-state index contributed by atoms with van der Waals surface area (Å²) in [5.41, 5.74) is -0.136. The van der Waals surface area contributed by atoms with Gasteiger partial charge in [0.2, 0.25) is 5.89 Å². The van der Waals surface area contributed by atoms with Crippen molar-refractivity contribution in [3.05, 3.63) is 42.1 Å². The quantitative estimate of drug-likeness (QED) is 0.872. The van der Waals surface area contributed by atoms with E-state index in [1.54, 1.807) is 31.4 Å². The van der Waals surface area contributed by atoms with E-state index in [-0.39, 0.29) is 18.2 Å². The highest BCUT2D eigenvalue weighted by atomic mass is 16.5. The van der Waals surface area contributed by atoms with Crippen molar-refractivity contribution in [2.75, 3.05) is 7.11 Å². The van der Waals surface area contributed by atoms with E-state index < -0.39 is 5.97 Å². The van der Waals surface area contributed by atoms with Gasteiger partial charge in [-0.3, -0.25) is 0 Å². The molecule has 18 heavy (non-hydrogen) atoms. The molecule has 0 unspecified atom stereocenters. The summed E-state index contributed by atoms with van der Waals surface area (Å²) in [6.45, 7) is 0.0691. The van der Waals surface area contributed by atoms with Gasteiger partial charge in [0.25, 0.3) is 0 Å². The van der Waals surface area contributed by atoms with Gasteiger partial charge in [-0.1, -0.05) is 0 Å². The fourth-order valence-corrected chi connectivity index (χ4v) is 1.29. The van der Waals surface area contributed by atoms with Gasteiger partial charge in [-0.25, -0.2) is 9.78 Å². The van der Waals surface area contributed by atoms with Crippen LogP contribution in [-0.4, -0.2) is 23.2 Å². The van der Waals surface area contributed by atoms with Gasteiger partial charge in [-0.15, -0.1) is 0 Å². The predicted octanol–water partition coefficient (Wildman–Crippen LogP) is 1.96. The zero-order valence-electron chi connectivity index (χ0n) is 9.62. The van der Waals surface area contributed by atoms with Crippen molar-refractivity contribution in [3.8, 4) is 11.5 Å². The first-order valence-corrected chi connectivity index (χ1v) is 5.13. The summed E-state index contributed by atoms with van der Waals surface area (Å²) in [6.07, 6.45) is 1.08. The number of rotatable bonds is 5. The van der Waals surface area contributed by atoms with Crippen LogP contribution in [0.2, 0.25) is 0 Å². The molecular formula is C12H11NO5. The van der Waals surface area contributed by atoms with Gasteiger partial charge in [0.05, 0.1) is 7.11 Å². The largest absolute Gasteiger partial charge is 0.497 e. The lowest BCUT2D eigenvalue weighted by Crippen LogP contribution is -1.99. The van der Waals surface area contributed by atoms with E-state index in [9.17, 15) is 4.79 Å². The van der Waals surface area contributed by atoms with Crippen LogP contribution >= 0.6 is 0 Å². The van der Waals surface area contributed by atoms with Crippen molar-refractivity contribution < 1.29 is 23.8 Å². The normalized spacial score (nSPS) is 10.1. The smallest absolute Gasteiger partial charge is 0.357 e. The van der Waals surface area contributed by atoms with Gasteiger partial charge < -0.3 is 19.0 Å². The van der Waals surface area contributed by atoms with E-state index in [0.717, 1.165) is 12.0 Å². The summed E-state index contributed by atoms with van der Waals surface area (Å²) in [7, 11) is 1.58. The summed E-state index contributed by atoms with van der Waals surface area (Å²) in [5, 5.41) is 8.66. The number of aromatic carboxylic acids is 1. The molecule has 0 atom stereocenters. The van der Waals surface area contributed by atoms with E-state index in [2.05, 4.69) is 4.98 Å². The van der Waals surface area contributed by atoms with Crippen molar-refractivity contribution in [1.82, 2.24) is 4.98 Å². The van der Waals surface area contributed by atoms with Crippen LogP contribution in [0.1, 0.15) is 16.4 Å². The van der Waals surface area contributed by atoms with Gasteiger partial charge >= 0.3 is 5.97 Å². The summed E-state index contributed by atoms with van der Waals surface area (Å²) in [4.78, 5) is 14.3. The Hall–Kier alpha value is -2.50. The molecule has 94 valence electrons. The van der Waals surface area contributed by atoms with Crippen molar-refractivity contribution in [2.24, 2.45) is 0 Å². The molecule has 0 radical (unpaired) electrons. The molecule has 0 spiro atoms. The van der Waals surface area contributed by atoms with Gasteiger partial charge in [0.1, 0.15) is 17.8 Å². The number of hydrogen-bond donors (Lipinski definition) is 1. The van der Waals surface area contributed by atoms with Crippen LogP contribution in [0.3, 0.4) is 0 Å². The van der Waals surface area contributed by atoms with E-state index in [4.69, 9.17) is 19.0 Å². The predicted molar refractivity (Wildman–Crippen MR) is 60.8 cm³/mol. The highest BCUT2D eigenvalue weighted by Gasteiger charge is 2.10. The number of oxazole rings is 1. The molecule has 0 aliphatic heterocycles. The van der Waals surface area contributed by atoms with Crippen LogP contribution in [0, 0.1) is 0 Å². The third-order valence-corrected chi connectivity index (χ3v) is 2.19. The van der Waals surface area contributed by atoms with Gasteiger partial charge in [0, 0.05) is 0 Å². The molecule has 1 N–H and O–H groups in total. The third kappa shape index (κ3) is 2.79. The SMILES string of the molecule is COc1ccc(OCc2nc(C(=O)O)co2)cc1. The minimum Gasteiger partial charge on any atom is -0.497 e. The molecule has 0 fully saturated rings. The molecule has 6 heteroatoms. The first-order valence-electron chi connectivity index (χ1n) is 5.13. The van der Waals surface area contributed by atoms with Gasteiger partial charge in [0.15, 0.2) is 12.3 Å². The number of aromatic nitrogens is 1. The molecule has 1 aromatic heterocycles. The van der Waals surface area contributed by atoms with E-state index in [0.29, 0.717) is 5.75 Å². The Kier molecular flexibility index (Phi) is 3.47. The Morgan fingerprint density at radius 1 is 1.33 bits per heavy atom. The van der Waals surface area contributed by atoms with Crippen LogP contribution < -0.4 is 9.47 Å². The second-order valence-electron chi connectivity index (χ2n) is 3.40. The minimum atomic E-state index is -1.13. The second kappa shape index (κ2) is 5.22. The molecule has 2 aromatic rings. The van der Waals surface area contributed by atoms with Crippen molar-refractivity contribution >= 4 is 5.97 Å². The van der Waals surface area contributed by atoms with E-state index in [1.165, 1.54) is 0 Å². The Labute approximate surface area is 103 Å².